The molecule has 0 aliphatic rings. The van der Waals surface area contributed by atoms with Crippen molar-refractivity contribution in [1.82, 2.24) is 6.15 Å². The molecule has 0 unspecified atom stereocenters. The topological polar surface area (TPSA) is 110 Å². The van der Waals surface area contributed by atoms with Crippen LogP contribution < -0.4 is 31.0 Å². The number of hydrogen-bond donors (Lipinski definition) is 3. The summed E-state index contributed by atoms with van der Waals surface area (Å²) in [5, 5.41) is 0. The van der Waals surface area contributed by atoms with Gasteiger partial charge in [0.25, 0.3) is 0 Å². The second-order valence-electron chi connectivity index (χ2n) is 0.448. The van der Waals surface area contributed by atoms with Crippen molar-refractivity contribution in [3.63, 3.8) is 0 Å². The third-order valence-corrected chi connectivity index (χ3v) is 0. The number of rotatable bonds is 0. The fourth-order valence-electron chi connectivity index (χ4n) is 0. The van der Waals surface area contributed by atoms with Crippen LogP contribution in [0.25, 0.3) is 0 Å². The van der Waals surface area contributed by atoms with Gasteiger partial charge in [-0.05, 0) is 0 Å². The maximum Gasteiger partial charge on any atom is 2.00 e. The predicted octanol–water partition coefficient (Wildman–Crippen LogP) is -6.86. The van der Waals surface area contributed by atoms with Crippen LogP contribution in [0.2, 0.25) is 0 Å². The van der Waals surface area contributed by atoms with Gasteiger partial charge in [-0.15, -0.1) is 0 Å². The van der Waals surface area contributed by atoms with E-state index < -0.39 is 10.4 Å². The minimum absolute atomic E-state index is 0. The predicted molar refractivity (Wildman–Crippen MR) is 25.0 cm³/mol. The van der Waals surface area contributed by atoms with Gasteiger partial charge in [0.1, 0.15) is 0 Å². The first-order chi connectivity index (χ1) is 2.00. The van der Waals surface area contributed by atoms with E-state index in [4.69, 9.17) is 17.5 Å². The van der Waals surface area contributed by atoms with E-state index in [1.54, 1.807) is 0 Å². The van der Waals surface area contributed by atoms with E-state index in [0.717, 1.165) is 0 Å². The van der Waals surface area contributed by atoms with Gasteiger partial charge in [-0.25, -0.2) is 0 Å². The average Bonchev–Trinajstić information content (AvgIpc) is 0.722. The van der Waals surface area contributed by atoms with Gasteiger partial charge in [0.2, 0.25) is 0 Å². The third kappa shape index (κ3) is 204. The molecule has 0 amide bonds. The smallest absolute Gasteiger partial charge is 1.00 e. The molecule has 0 aromatic rings. The molecular formula is H5CaCl2NO4S. The largest absolute Gasteiger partial charge is 2.00 e. The Morgan fingerprint density at radius 1 is 1.00 bits per heavy atom. The van der Waals surface area contributed by atoms with Crippen LogP contribution in [-0.2, 0) is 10.4 Å². The quantitative estimate of drug-likeness (QED) is 0.281. The van der Waals surface area contributed by atoms with E-state index >= 15 is 0 Å². The first kappa shape index (κ1) is 31.0. The van der Waals surface area contributed by atoms with E-state index in [0.29, 0.717) is 0 Å². The van der Waals surface area contributed by atoms with Crippen LogP contribution in [0.1, 0.15) is 0 Å². The molecule has 0 atom stereocenters. The zero-order valence-electron chi connectivity index (χ0n) is 4.29. The van der Waals surface area contributed by atoms with E-state index in [-0.39, 0.29) is 68.7 Å². The van der Waals surface area contributed by atoms with Crippen molar-refractivity contribution in [2.24, 2.45) is 0 Å². The van der Waals surface area contributed by atoms with Gasteiger partial charge >= 0.3 is 48.1 Å². The molecular weight excluding hydrogens is 221 g/mol. The van der Waals surface area contributed by atoms with Crippen LogP contribution in [0.15, 0.2) is 0 Å². The van der Waals surface area contributed by atoms with Crippen LogP contribution in [-0.4, -0.2) is 55.3 Å². The fourth-order valence-corrected chi connectivity index (χ4v) is 0. The van der Waals surface area contributed by atoms with Crippen LogP contribution in [0.5, 0.6) is 0 Å². The molecule has 9 heavy (non-hydrogen) atoms. The van der Waals surface area contributed by atoms with Crippen molar-refractivity contribution in [3.05, 3.63) is 0 Å². The Bertz CT molecular complexity index is 102. The molecule has 0 fully saturated rings. The molecule has 0 bridgehead atoms. The molecule has 0 saturated heterocycles. The van der Waals surface area contributed by atoms with Crippen molar-refractivity contribution in [1.29, 1.82) is 0 Å². The Hall–Kier alpha value is 1.67. The zero-order chi connectivity index (χ0) is 4.50. The summed E-state index contributed by atoms with van der Waals surface area (Å²) >= 11 is 0. The Labute approximate surface area is 95.6 Å². The second-order valence-corrected chi connectivity index (χ2v) is 1.34. The summed E-state index contributed by atoms with van der Waals surface area (Å²) in [5.74, 6) is 0. The SMILES string of the molecule is N.O=S(=O)(O)O.[Ca+2].[Cl-].[Cl-]. The summed E-state index contributed by atoms with van der Waals surface area (Å²) in [4.78, 5) is 0. The Kier molecular flexibility index (Phi) is 42.6. The van der Waals surface area contributed by atoms with Gasteiger partial charge in [-0.2, -0.15) is 8.42 Å². The normalized spacial score (nSPS) is 6.44. The maximum atomic E-state index is 8.74. The molecule has 5 nitrogen and oxygen atoms in total. The molecule has 0 rings (SSSR count). The van der Waals surface area contributed by atoms with Crippen LogP contribution in [0, 0.1) is 0 Å². The molecule has 0 radical (unpaired) electrons. The third-order valence-electron chi connectivity index (χ3n) is 0. The van der Waals surface area contributed by atoms with E-state index in [1.807, 2.05) is 0 Å². The molecule has 56 valence electrons. The maximum absolute atomic E-state index is 8.74. The monoisotopic (exact) mass is 225 g/mol. The molecule has 0 saturated carbocycles. The van der Waals surface area contributed by atoms with Crippen LogP contribution in [0.3, 0.4) is 0 Å². The number of hydrogen-bond acceptors (Lipinski definition) is 3. The first-order valence-corrected chi connectivity index (χ1v) is 2.10. The summed E-state index contributed by atoms with van der Waals surface area (Å²) in [6.07, 6.45) is 0. The van der Waals surface area contributed by atoms with E-state index in [9.17, 15) is 0 Å². The average molecular weight is 226 g/mol. The number of halogens is 2. The Morgan fingerprint density at radius 2 is 1.00 bits per heavy atom. The van der Waals surface area contributed by atoms with E-state index in [2.05, 4.69) is 0 Å². The molecule has 0 spiro atoms. The standard InChI is InChI=1S/Ca.2ClH.H3N.H2O4S/c;;;;1-5(2,3)4/h;2*1H;1H3;(H2,1,2,3,4)/q+2;;;;/p-2. The Balaban J connectivity index is -0.0000000133. The van der Waals surface area contributed by atoms with Crippen LogP contribution >= 0.6 is 0 Å². The molecule has 0 aromatic carbocycles. The second kappa shape index (κ2) is 12.4. The molecule has 0 aliphatic heterocycles. The fraction of sp³-hybridized carbons (Fsp3) is 0. The van der Waals surface area contributed by atoms with Gasteiger partial charge in [-0.1, -0.05) is 0 Å². The summed E-state index contributed by atoms with van der Waals surface area (Å²) in [6, 6.07) is 0. The molecule has 0 aliphatic carbocycles. The van der Waals surface area contributed by atoms with Crippen LogP contribution in [0.4, 0.5) is 0 Å². The van der Waals surface area contributed by atoms with Crippen molar-refractivity contribution >= 4 is 48.1 Å². The molecule has 0 aromatic heterocycles. The molecule has 0 heterocycles. The van der Waals surface area contributed by atoms with Gasteiger partial charge in [0.05, 0.1) is 0 Å². The zero-order valence-corrected chi connectivity index (χ0v) is 8.83. The van der Waals surface area contributed by atoms with Crippen molar-refractivity contribution in [2.45, 2.75) is 0 Å². The Morgan fingerprint density at radius 3 is 1.00 bits per heavy atom. The summed E-state index contributed by atoms with van der Waals surface area (Å²) < 4.78 is 31.6. The first-order valence-electron chi connectivity index (χ1n) is 0.698. The molecule has 5 N–H and O–H groups in total. The van der Waals surface area contributed by atoms with Gasteiger partial charge in [0.15, 0.2) is 0 Å². The van der Waals surface area contributed by atoms with Crippen molar-refractivity contribution in [3.8, 4) is 0 Å². The minimum Gasteiger partial charge on any atom is -1.00 e. The summed E-state index contributed by atoms with van der Waals surface area (Å²) in [7, 11) is -4.67. The molecule has 9 heteroatoms. The van der Waals surface area contributed by atoms with E-state index in [1.165, 1.54) is 0 Å². The van der Waals surface area contributed by atoms with Gasteiger partial charge in [-0.3, -0.25) is 9.11 Å². The summed E-state index contributed by atoms with van der Waals surface area (Å²) in [6.45, 7) is 0. The van der Waals surface area contributed by atoms with Crippen molar-refractivity contribution < 1.29 is 42.3 Å². The van der Waals surface area contributed by atoms with Gasteiger partial charge < -0.3 is 31.0 Å². The minimum atomic E-state index is -4.67. The summed E-state index contributed by atoms with van der Waals surface area (Å²) in [5.41, 5.74) is 0. The van der Waals surface area contributed by atoms with Gasteiger partial charge in [0, 0.05) is 0 Å². The van der Waals surface area contributed by atoms with Crippen molar-refractivity contribution in [2.75, 3.05) is 0 Å².